The highest BCUT2D eigenvalue weighted by Crippen LogP contribution is 2.66. The topological polar surface area (TPSA) is 0 Å². The van der Waals surface area contributed by atoms with Gasteiger partial charge in [0.1, 0.15) is 8.07 Å². The van der Waals surface area contributed by atoms with Crippen molar-refractivity contribution in [3.63, 3.8) is 0 Å². The molecule has 0 spiro atoms. The summed E-state index contributed by atoms with van der Waals surface area (Å²) < 4.78 is 93.7. The monoisotopic (exact) mass is 774 g/mol. The summed E-state index contributed by atoms with van der Waals surface area (Å²) in [5.41, 5.74) is 5.18. The maximum Gasteiger partial charge on any atom is 0.380 e. The summed E-state index contributed by atoms with van der Waals surface area (Å²) in [6, 6.07) is 22.7. The van der Waals surface area contributed by atoms with Gasteiger partial charge in [0, 0.05) is 58.1 Å². The molecular formula is C44H40F6S2Si. The highest BCUT2D eigenvalue weighted by molar-refractivity contribution is 7.19. The Bertz CT molecular complexity index is 2330. The maximum absolute atomic E-state index is 15.7. The van der Waals surface area contributed by atoms with Crippen LogP contribution in [-0.2, 0) is 0 Å². The number of aryl methyl sites for hydroxylation is 2. The number of alkyl halides is 6. The van der Waals surface area contributed by atoms with Crippen LogP contribution in [0.15, 0.2) is 78.9 Å². The number of fused-ring (bicyclic) bond motifs is 1. The molecule has 3 aromatic carbocycles. The van der Waals surface area contributed by atoms with Crippen molar-refractivity contribution in [2.45, 2.75) is 89.8 Å². The molecule has 9 heteroatoms. The Morgan fingerprint density at radius 1 is 0.585 bits per heavy atom. The van der Waals surface area contributed by atoms with Gasteiger partial charge in [-0.2, -0.15) is 26.3 Å². The van der Waals surface area contributed by atoms with Gasteiger partial charge in [-0.3, -0.25) is 0 Å². The number of benzene rings is 3. The molecule has 0 radical (unpaired) electrons. The molecule has 0 aliphatic heterocycles. The van der Waals surface area contributed by atoms with Gasteiger partial charge < -0.3 is 0 Å². The number of hydrogen-bond donors (Lipinski definition) is 0. The van der Waals surface area contributed by atoms with Crippen LogP contribution in [0.1, 0.15) is 79.1 Å². The SMILES string of the molecule is Cc1sc(-c2ccc(C#Cc3cccc(C#C[Si](C(C)C)(C(C)C)C(C)C)c3)cc2)cc1C1=C(c2c(C)sc3ccccc23)C(F)(F)C(F)(F)C1(F)F. The Labute approximate surface area is 317 Å². The molecule has 0 nitrogen and oxygen atoms in total. The molecule has 0 unspecified atom stereocenters. The lowest BCUT2D eigenvalue weighted by molar-refractivity contribution is -0.254. The van der Waals surface area contributed by atoms with Crippen LogP contribution < -0.4 is 0 Å². The summed E-state index contributed by atoms with van der Waals surface area (Å²) in [6.07, 6.45) is 0. The lowest BCUT2D eigenvalue weighted by atomic mass is 9.93. The minimum atomic E-state index is -5.62. The fraction of sp³-hybridized carbons (Fsp3) is 0.318. The summed E-state index contributed by atoms with van der Waals surface area (Å²) in [4.78, 5) is 0.989. The van der Waals surface area contributed by atoms with Gasteiger partial charge in [0.15, 0.2) is 0 Å². The molecule has 2 heterocycles. The number of allylic oxidation sites excluding steroid dienone is 2. The van der Waals surface area contributed by atoms with Crippen molar-refractivity contribution >= 4 is 52.0 Å². The van der Waals surface area contributed by atoms with E-state index >= 15 is 26.3 Å². The summed E-state index contributed by atoms with van der Waals surface area (Å²) in [5, 5.41) is 0.243. The summed E-state index contributed by atoms with van der Waals surface area (Å²) in [6.45, 7) is 16.7. The number of halogens is 6. The average Bonchev–Trinajstić information content (AvgIpc) is 3.66. The first-order valence-electron chi connectivity index (χ1n) is 17.6. The quantitative estimate of drug-likeness (QED) is 0.0916. The minimum Gasteiger partial charge on any atom is -0.194 e. The van der Waals surface area contributed by atoms with Gasteiger partial charge >= 0.3 is 17.8 Å². The molecule has 6 rings (SSSR count). The van der Waals surface area contributed by atoms with Crippen LogP contribution in [0.2, 0.25) is 16.6 Å². The van der Waals surface area contributed by atoms with E-state index in [1.165, 1.54) is 26.0 Å². The standard InChI is InChI=1S/C44H40F6S2Si/c1-26(2)53(27(3)4,28(5)6)23-22-33-13-11-12-32(24-33)17-16-31-18-20-34(21-19-31)38-25-36(29(7)51-38)40-41(43(47,48)44(49,50)42(40,45)46)39-30(8)52-37-15-10-9-14-35(37)39/h9-15,18-21,24-28H,1-8H3. The molecule has 2 aromatic heterocycles. The van der Waals surface area contributed by atoms with Crippen LogP contribution in [0.4, 0.5) is 26.3 Å². The lowest BCUT2D eigenvalue weighted by Crippen LogP contribution is -2.48. The van der Waals surface area contributed by atoms with Crippen LogP contribution in [0, 0.1) is 37.2 Å². The fourth-order valence-electron chi connectivity index (χ4n) is 7.91. The molecule has 0 saturated carbocycles. The van der Waals surface area contributed by atoms with E-state index in [0.717, 1.165) is 33.8 Å². The Kier molecular flexibility index (Phi) is 10.2. The number of thiophene rings is 2. The lowest BCUT2D eigenvalue weighted by Gasteiger charge is -2.38. The first kappa shape index (κ1) is 38.7. The molecule has 5 aromatic rings. The number of hydrogen-bond acceptors (Lipinski definition) is 2. The first-order valence-corrected chi connectivity index (χ1v) is 21.4. The van der Waals surface area contributed by atoms with E-state index in [1.807, 2.05) is 24.3 Å². The third-order valence-electron chi connectivity index (χ3n) is 10.5. The van der Waals surface area contributed by atoms with E-state index in [2.05, 4.69) is 64.8 Å². The van der Waals surface area contributed by atoms with Crippen LogP contribution in [-0.4, -0.2) is 25.8 Å². The second-order valence-corrected chi connectivity index (χ2v) is 22.7. The van der Waals surface area contributed by atoms with E-state index in [9.17, 15) is 0 Å². The van der Waals surface area contributed by atoms with E-state index in [-0.39, 0.29) is 26.3 Å². The first-order chi connectivity index (χ1) is 24.8. The Hall–Kier alpha value is -4.02. The largest absolute Gasteiger partial charge is 0.380 e. The summed E-state index contributed by atoms with van der Waals surface area (Å²) in [5.74, 6) is -6.01. The van der Waals surface area contributed by atoms with Crippen LogP contribution in [0.5, 0.6) is 0 Å². The third kappa shape index (κ3) is 6.39. The molecule has 274 valence electrons. The van der Waals surface area contributed by atoms with Crippen molar-refractivity contribution in [3.8, 4) is 33.7 Å². The molecule has 1 aliphatic rings. The minimum absolute atomic E-state index is 0.236. The van der Waals surface area contributed by atoms with E-state index in [1.54, 1.807) is 42.5 Å². The maximum atomic E-state index is 15.7. The third-order valence-corrected chi connectivity index (χ3v) is 19.0. The molecule has 0 atom stereocenters. The molecular weight excluding hydrogens is 735 g/mol. The van der Waals surface area contributed by atoms with E-state index < -0.39 is 37.0 Å². The summed E-state index contributed by atoms with van der Waals surface area (Å²) >= 11 is 2.20. The normalized spacial score (nSPS) is 16.3. The van der Waals surface area contributed by atoms with Crippen LogP contribution >= 0.6 is 22.7 Å². The van der Waals surface area contributed by atoms with Gasteiger partial charge in [0.05, 0.1) is 0 Å². The zero-order chi connectivity index (χ0) is 38.7. The zero-order valence-corrected chi connectivity index (χ0v) is 33.5. The van der Waals surface area contributed by atoms with Crippen LogP contribution in [0.25, 0.3) is 31.7 Å². The van der Waals surface area contributed by atoms with Crippen molar-refractivity contribution < 1.29 is 26.3 Å². The molecule has 1 aliphatic carbocycles. The molecule has 0 bridgehead atoms. The van der Waals surface area contributed by atoms with Crippen molar-refractivity contribution in [2.24, 2.45) is 0 Å². The Morgan fingerprint density at radius 3 is 1.77 bits per heavy atom. The predicted octanol–water partition coefficient (Wildman–Crippen LogP) is 14.0. The van der Waals surface area contributed by atoms with Gasteiger partial charge in [-0.05, 0) is 84.1 Å². The summed E-state index contributed by atoms with van der Waals surface area (Å²) in [7, 11) is -1.89. The van der Waals surface area contributed by atoms with Crippen LogP contribution in [0.3, 0.4) is 0 Å². The molecule has 0 saturated heterocycles. The smallest absolute Gasteiger partial charge is 0.194 e. The fourth-order valence-corrected chi connectivity index (χ4v) is 15.2. The van der Waals surface area contributed by atoms with Gasteiger partial charge in [0.25, 0.3) is 0 Å². The van der Waals surface area contributed by atoms with Crippen molar-refractivity contribution in [1.29, 1.82) is 0 Å². The van der Waals surface area contributed by atoms with Gasteiger partial charge in [-0.25, -0.2) is 0 Å². The highest BCUT2D eigenvalue weighted by Gasteiger charge is 2.80. The van der Waals surface area contributed by atoms with E-state index in [4.69, 9.17) is 0 Å². The average molecular weight is 775 g/mol. The Balaban J connectivity index is 1.34. The molecule has 0 amide bonds. The second kappa shape index (κ2) is 14.0. The van der Waals surface area contributed by atoms with Gasteiger partial charge in [-0.15, -0.1) is 28.2 Å². The molecule has 0 N–H and O–H groups in total. The van der Waals surface area contributed by atoms with Crippen molar-refractivity contribution in [3.05, 3.63) is 116 Å². The zero-order valence-electron chi connectivity index (χ0n) is 30.8. The molecule has 0 fully saturated rings. The van der Waals surface area contributed by atoms with E-state index in [0.29, 0.717) is 37.3 Å². The van der Waals surface area contributed by atoms with Crippen molar-refractivity contribution in [1.82, 2.24) is 0 Å². The predicted molar refractivity (Wildman–Crippen MR) is 213 cm³/mol. The van der Waals surface area contributed by atoms with Gasteiger partial charge in [-0.1, -0.05) is 95.7 Å². The Morgan fingerprint density at radius 2 is 1.15 bits per heavy atom. The van der Waals surface area contributed by atoms with Gasteiger partial charge in [0.2, 0.25) is 0 Å². The molecule has 53 heavy (non-hydrogen) atoms. The van der Waals surface area contributed by atoms with Crippen molar-refractivity contribution in [2.75, 3.05) is 0 Å². The number of rotatable bonds is 6. The second-order valence-electron chi connectivity index (χ2n) is 14.6. The highest BCUT2D eigenvalue weighted by atomic mass is 32.1.